The summed E-state index contributed by atoms with van der Waals surface area (Å²) in [6, 6.07) is 16.8. The number of aliphatic hydroxyl groups excluding tert-OH is 1. The normalized spacial score (nSPS) is 17.3. The molecule has 1 atom stereocenters. The number of hydrogen-bond acceptors (Lipinski definition) is 6. The summed E-state index contributed by atoms with van der Waals surface area (Å²) in [5.74, 6) is -0.448. The molecule has 1 aliphatic heterocycles. The first-order chi connectivity index (χ1) is 16.0. The van der Waals surface area contributed by atoms with Crippen molar-refractivity contribution in [3.8, 4) is 11.5 Å². The molecule has 0 spiro atoms. The van der Waals surface area contributed by atoms with Gasteiger partial charge >= 0.3 is 0 Å². The number of hydrogen-bond donors (Lipinski definition) is 1. The number of likely N-dealkylation sites (tertiary alicyclic amines) is 1. The van der Waals surface area contributed by atoms with Crippen LogP contribution in [0.1, 0.15) is 29.7 Å². The number of methoxy groups -OCH3 is 1. The van der Waals surface area contributed by atoms with Gasteiger partial charge in [0.1, 0.15) is 17.3 Å². The number of benzene rings is 2. The first-order valence-electron chi connectivity index (χ1n) is 10.6. The zero-order valence-corrected chi connectivity index (χ0v) is 18.4. The Hall–Kier alpha value is -4.13. The Morgan fingerprint density at radius 3 is 2.48 bits per heavy atom. The monoisotopic (exact) mass is 444 g/mol. The number of nitrogens with zero attached hydrogens (tertiary/aromatic N) is 2. The van der Waals surface area contributed by atoms with Crippen LogP contribution in [0.3, 0.4) is 0 Å². The van der Waals surface area contributed by atoms with Crippen molar-refractivity contribution in [3.05, 3.63) is 95.3 Å². The SMILES string of the molecule is CCOc1cccc(/C(O)=C2/C(=O)C(=O)N(Cc3cccc(OC)c3)C2c2ccncc2)c1. The molecule has 1 amide bonds. The number of rotatable bonds is 7. The van der Waals surface area contributed by atoms with E-state index in [0.717, 1.165) is 5.56 Å². The first kappa shape index (κ1) is 22.1. The molecule has 1 unspecified atom stereocenters. The number of amides is 1. The molecule has 3 aromatic rings. The fourth-order valence-electron chi connectivity index (χ4n) is 3.96. The average Bonchev–Trinajstić information content (AvgIpc) is 3.09. The van der Waals surface area contributed by atoms with Crippen molar-refractivity contribution in [1.29, 1.82) is 0 Å². The smallest absolute Gasteiger partial charge is 0.295 e. The van der Waals surface area contributed by atoms with Gasteiger partial charge in [0.2, 0.25) is 0 Å². The number of carbonyl (C=O) groups is 2. The fraction of sp³-hybridized carbons (Fsp3) is 0.192. The quantitative estimate of drug-likeness (QED) is 0.335. The van der Waals surface area contributed by atoms with Gasteiger partial charge in [-0.15, -0.1) is 0 Å². The first-order valence-corrected chi connectivity index (χ1v) is 10.6. The molecule has 1 aliphatic rings. The summed E-state index contributed by atoms with van der Waals surface area (Å²) in [7, 11) is 1.57. The van der Waals surface area contributed by atoms with Crippen LogP contribution in [0.5, 0.6) is 11.5 Å². The summed E-state index contributed by atoms with van der Waals surface area (Å²) in [4.78, 5) is 31.8. The molecular formula is C26H24N2O5. The molecule has 168 valence electrons. The van der Waals surface area contributed by atoms with E-state index in [2.05, 4.69) is 4.98 Å². The zero-order chi connectivity index (χ0) is 23.4. The third-order valence-electron chi connectivity index (χ3n) is 5.47. The van der Waals surface area contributed by atoms with Gasteiger partial charge < -0.3 is 19.5 Å². The van der Waals surface area contributed by atoms with Crippen LogP contribution in [0, 0.1) is 0 Å². The molecule has 0 radical (unpaired) electrons. The molecule has 2 heterocycles. The van der Waals surface area contributed by atoms with Crippen molar-refractivity contribution in [2.75, 3.05) is 13.7 Å². The highest BCUT2D eigenvalue weighted by atomic mass is 16.5. The fourth-order valence-corrected chi connectivity index (χ4v) is 3.96. The van der Waals surface area contributed by atoms with E-state index in [-0.39, 0.29) is 17.9 Å². The second-order valence-electron chi connectivity index (χ2n) is 7.52. The van der Waals surface area contributed by atoms with Crippen LogP contribution in [0.4, 0.5) is 0 Å². The Bertz CT molecular complexity index is 1210. The van der Waals surface area contributed by atoms with Crippen molar-refractivity contribution in [3.63, 3.8) is 0 Å². The minimum Gasteiger partial charge on any atom is -0.507 e. The van der Waals surface area contributed by atoms with Gasteiger partial charge in [0, 0.05) is 24.5 Å². The molecule has 7 heteroatoms. The van der Waals surface area contributed by atoms with Crippen molar-refractivity contribution in [1.82, 2.24) is 9.88 Å². The molecule has 0 bridgehead atoms. The minimum atomic E-state index is -0.769. The standard InChI is InChI=1S/C26H24N2O5/c1-3-33-21-9-5-7-19(15-21)24(29)22-23(18-10-12-27-13-11-18)28(26(31)25(22)30)16-17-6-4-8-20(14-17)32-2/h4-15,23,29H,3,16H2,1-2H3/b24-22-. The topological polar surface area (TPSA) is 89.0 Å². The van der Waals surface area contributed by atoms with Crippen LogP contribution < -0.4 is 9.47 Å². The Balaban J connectivity index is 1.82. The summed E-state index contributed by atoms with van der Waals surface area (Å²) >= 11 is 0. The van der Waals surface area contributed by atoms with E-state index in [9.17, 15) is 14.7 Å². The third kappa shape index (κ3) is 4.43. The average molecular weight is 444 g/mol. The largest absolute Gasteiger partial charge is 0.507 e. The summed E-state index contributed by atoms with van der Waals surface area (Å²) < 4.78 is 10.8. The van der Waals surface area contributed by atoms with E-state index in [4.69, 9.17) is 9.47 Å². The maximum Gasteiger partial charge on any atom is 0.295 e. The second-order valence-corrected chi connectivity index (χ2v) is 7.52. The van der Waals surface area contributed by atoms with Gasteiger partial charge in [-0.2, -0.15) is 0 Å². The number of aliphatic hydroxyl groups is 1. The second kappa shape index (κ2) is 9.56. The Morgan fingerprint density at radius 2 is 1.76 bits per heavy atom. The van der Waals surface area contributed by atoms with Crippen LogP contribution in [-0.2, 0) is 16.1 Å². The molecule has 0 aliphatic carbocycles. The van der Waals surface area contributed by atoms with Gasteiger partial charge in [0.15, 0.2) is 0 Å². The lowest BCUT2D eigenvalue weighted by molar-refractivity contribution is -0.140. The molecule has 1 N–H and O–H groups in total. The molecule has 7 nitrogen and oxygen atoms in total. The van der Waals surface area contributed by atoms with Gasteiger partial charge in [-0.1, -0.05) is 24.3 Å². The number of ether oxygens (including phenoxy) is 2. The van der Waals surface area contributed by atoms with Gasteiger partial charge in [0.25, 0.3) is 11.7 Å². The maximum atomic E-state index is 13.2. The molecule has 1 saturated heterocycles. The predicted molar refractivity (Wildman–Crippen MR) is 123 cm³/mol. The van der Waals surface area contributed by atoms with Gasteiger partial charge in [-0.25, -0.2) is 0 Å². The summed E-state index contributed by atoms with van der Waals surface area (Å²) in [5, 5.41) is 11.2. The number of Topliss-reactive ketones (excluding diaryl/α,β-unsaturated/α-hetero) is 1. The Kier molecular flexibility index (Phi) is 6.40. The van der Waals surface area contributed by atoms with E-state index in [0.29, 0.717) is 29.2 Å². The highest BCUT2D eigenvalue weighted by Crippen LogP contribution is 2.40. The predicted octanol–water partition coefficient (Wildman–Crippen LogP) is 4.11. The molecular weight excluding hydrogens is 420 g/mol. The van der Waals surface area contributed by atoms with Gasteiger partial charge in [-0.05, 0) is 54.4 Å². The number of carbonyl (C=O) groups excluding carboxylic acids is 2. The summed E-state index contributed by atoms with van der Waals surface area (Å²) in [6.07, 6.45) is 3.19. The van der Waals surface area contributed by atoms with Crippen molar-refractivity contribution in [2.24, 2.45) is 0 Å². The molecule has 1 aromatic heterocycles. The Morgan fingerprint density at radius 1 is 1.03 bits per heavy atom. The van der Waals surface area contributed by atoms with E-state index in [1.807, 2.05) is 31.2 Å². The number of ketones is 1. The van der Waals surface area contributed by atoms with E-state index >= 15 is 0 Å². The van der Waals surface area contributed by atoms with Crippen LogP contribution in [0.2, 0.25) is 0 Å². The highest BCUT2D eigenvalue weighted by molar-refractivity contribution is 6.46. The zero-order valence-electron chi connectivity index (χ0n) is 18.4. The molecule has 2 aromatic carbocycles. The van der Waals surface area contributed by atoms with Crippen LogP contribution >= 0.6 is 0 Å². The molecule has 1 fully saturated rings. The minimum absolute atomic E-state index is 0.0303. The molecule has 33 heavy (non-hydrogen) atoms. The summed E-state index contributed by atoms with van der Waals surface area (Å²) in [6.45, 7) is 2.50. The molecule has 4 rings (SSSR count). The van der Waals surface area contributed by atoms with Gasteiger partial charge in [-0.3, -0.25) is 14.6 Å². The number of aromatic nitrogens is 1. The van der Waals surface area contributed by atoms with E-state index in [1.165, 1.54) is 4.90 Å². The van der Waals surface area contributed by atoms with Crippen molar-refractivity contribution < 1.29 is 24.2 Å². The number of pyridine rings is 1. The van der Waals surface area contributed by atoms with Crippen LogP contribution in [0.25, 0.3) is 5.76 Å². The van der Waals surface area contributed by atoms with E-state index in [1.54, 1.807) is 55.9 Å². The Labute approximate surface area is 191 Å². The lowest BCUT2D eigenvalue weighted by atomic mass is 9.95. The van der Waals surface area contributed by atoms with Crippen LogP contribution in [-0.4, -0.2) is 40.4 Å². The lowest BCUT2D eigenvalue weighted by Crippen LogP contribution is -2.29. The van der Waals surface area contributed by atoms with Gasteiger partial charge in [0.05, 0.1) is 25.3 Å². The molecule has 0 saturated carbocycles. The summed E-state index contributed by atoms with van der Waals surface area (Å²) in [5.41, 5.74) is 1.91. The third-order valence-corrected chi connectivity index (χ3v) is 5.47. The van der Waals surface area contributed by atoms with E-state index < -0.39 is 17.7 Å². The van der Waals surface area contributed by atoms with Crippen LogP contribution in [0.15, 0.2) is 78.6 Å². The highest BCUT2D eigenvalue weighted by Gasteiger charge is 2.46. The van der Waals surface area contributed by atoms with Crippen molar-refractivity contribution >= 4 is 17.4 Å². The maximum absolute atomic E-state index is 13.2. The van der Waals surface area contributed by atoms with Crippen molar-refractivity contribution in [2.45, 2.75) is 19.5 Å². The lowest BCUT2D eigenvalue weighted by Gasteiger charge is -2.25.